The Morgan fingerprint density at radius 2 is 1.00 bits per heavy atom. The number of aryl methyl sites for hydroxylation is 2. The number of anilines is 6. The van der Waals surface area contributed by atoms with Gasteiger partial charge in [0.05, 0.1) is 47.3 Å². The molecular weight excluding hydrogens is 556 g/mol. The SMILES string of the molecule is CCOC(=O)C1=NN(c2ccc(C)cc2)c2cc(-c3ccc4c(c3)N(c3ccc(C)cc3)N=C(C(=O)OCC)N4)ccc2N1. The van der Waals surface area contributed by atoms with E-state index in [-0.39, 0.29) is 24.9 Å². The van der Waals surface area contributed by atoms with Crippen molar-refractivity contribution in [2.45, 2.75) is 27.7 Å². The van der Waals surface area contributed by atoms with Crippen molar-refractivity contribution in [3.8, 4) is 11.1 Å². The molecular formula is C34H32N6O4. The molecule has 0 fully saturated rings. The number of esters is 2. The molecule has 44 heavy (non-hydrogen) atoms. The van der Waals surface area contributed by atoms with Crippen LogP contribution in [0.1, 0.15) is 25.0 Å². The Bertz CT molecular complexity index is 1660. The number of hydrogen-bond donors (Lipinski definition) is 2. The summed E-state index contributed by atoms with van der Waals surface area (Å²) >= 11 is 0. The number of carbonyl (C=O) groups is 2. The Hall–Kier alpha value is -5.64. The first-order valence-corrected chi connectivity index (χ1v) is 14.4. The van der Waals surface area contributed by atoms with E-state index in [4.69, 9.17) is 9.47 Å². The van der Waals surface area contributed by atoms with Gasteiger partial charge < -0.3 is 20.1 Å². The number of ether oxygens (including phenoxy) is 2. The third kappa shape index (κ3) is 5.57. The van der Waals surface area contributed by atoms with Gasteiger partial charge in [0.2, 0.25) is 11.7 Å². The lowest BCUT2D eigenvalue weighted by Crippen LogP contribution is -2.33. The van der Waals surface area contributed by atoms with Crippen LogP contribution in [0.2, 0.25) is 0 Å². The number of nitrogens with zero attached hydrogens (tertiary/aromatic N) is 4. The van der Waals surface area contributed by atoms with E-state index in [0.717, 1.165) is 56.4 Å². The Kier molecular flexibility index (Phi) is 7.72. The molecule has 0 unspecified atom stereocenters. The van der Waals surface area contributed by atoms with E-state index in [9.17, 15) is 9.59 Å². The van der Waals surface area contributed by atoms with E-state index in [1.54, 1.807) is 23.9 Å². The topological polar surface area (TPSA) is 108 Å². The van der Waals surface area contributed by atoms with E-state index < -0.39 is 11.9 Å². The van der Waals surface area contributed by atoms with Crippen LogP contribution in [0.4, 0.5) is 34.1 Å². The van der Waals surface area contributed by atoms with Crippen molar-refractivity contribution < 1.29 is 19.1 Å². The minimum absolute atomic E-state index is 0.108. The first-order chi connectivity index (χ1) is 21.3. The maximum absolute atomic E-state index is 12.6. The van der Waals surface area contributed by atoms with E-state index in [1.165, 1.54) is 0 Å². The van der Waals surface area contributed by atoms with Gasteiger partial charge in [0, 0.05) is 0 Å². The van der Waals surface area contributed by atoms with Gasteiger partial charge in [-0.1, -0.05) is 47.5 Å². The van der Waals surface area contributed by atoms with Gasteiger partial charge in [-0.25, -0.2) is 19.6 Å². The van der Waals surface area contributed by atoms with Crippen molar-refractivity contribution in [1.82, 2.24) is 0 Å². The lowest BCUT2D eigenvalue weighted by molar-refractivity contribution is -0.135. The molecule has 0 saturated heterocycles. The van der Waals surface area contributed by atoms with Gasteiger partial charge in [-0.05, 0) is 87.4 Å². The van der Waals surface area contributed by atoms with Crippen LogP contribution in [0, 0.1) is 13.8 Å². The van der Waals surface area contributed by atoms with Crippen LogP contribution in [-0.4, -0.2) is 36.8 Å². The minimum Gasteiger partial charge on any atom is -0.460 e. The van der Waals surface area contributed by atoms with E-state index in [2.05, 4.69) is 20.8 Å². The second kappa shape index (κ2) is 11.9. The molecule has 0 atom stereocenters. The normalized spacial score (nSPS) is 13.5. The second-order valence-electron chi connectivity index (χ2n) is 10.3. The van der Waals surface area contributed by atoms with Crippen LogP contribution < -0.4 is 20.7 Å². The van der Waals surface area contributed by atoms with Gasteiger partial charge >= 0.3 is 11.9 Å². The van der Waals surface area contributed by atoms with Crippen molar-refractivity contribution in [2.75, 3.05) is 33.9 Å². The third-order valence-electron chi connectivity index (χ3n) is 7.19. The first-order valence-electron chi connectivity index (χ1n) is 14.4. The maximum atomic E-state index is 12.6. The number of fused-ring (bicyclic) bond motifs is 2. The van der Waals surface area contributed by atoms with Gasteiger partial charge in [-0.15, -0.1) is 10.2 Å². The Morgan fingerprint density at radius 1 is 0.614 bits per heavy atom. The summed E-state index contributed by atoms with van der Waals surface area (Å²) in [4.78, 5) is 25.3. The fraction of sp³-hybridized carbons (Fsp3) is 0.176. The molecule has 2 aliphatic rings. The summed E-state index contributed by atoms with van der Waals surface area (Å²) in [5.74, 6) is -0.839. The average Bonchev–Trinajstić information content (AvgIpc) is 3.04. The largest absolute Gasteiger partial charge is 0.460 e. The molecule has 4 aromatic carbocycles. The Morgan fingerprint density at radius 3 is 1.36 bits per heavy atom. The molecule has 0 bridgehead atoms. The molecule has 0 aromatic heterocycles. The second-order valence-corrected chi connectivity index (χ2v) is 10.3. The Labute approximate surface area is 255 Å². The predicted molar refractivity (Wildman–Crippen MR) is 174 cm³/mol. The standard InChI is InChI=1S/C34H32N6O4/c1-5-43-33(41)31-35-27-17-11-23(19-29(27)39(37-31)25-13-7-21(3)8-14-25)24-12-18-28-30(20-24)40(26-15-9-22(4)10-16-26)38-32(36-28)34(42)44-6-2/h7-20H,5-6H2,1-4H3,(H,35,37)(H,36,38). The lowest BCUT2D eigenvalue weighted by atomic mass is 10.0. The molecule has 2 N–H and O–H groups in total. The summed E-state index contributed by atoms with van der Waals surface area (Å²) in [7, 11) is 0. The highest BCUT2D eigenvalue weighted by Crippen LogP contribution is 2.42. The summed E-state index contributed by atoms with van der Waals surface area (Å²) in [5.41, 5.74) is 8.66. The summed E-state index contributed by atoms with van der Waals surface area (Å²) in [5, 5.41) is 19.0. The van der Waals surface area contributed by atoms with Crippen molar-refractivity contribution in [1.29, 1.82) is 0 Å². The predicted octanol–water partition coefficient (Wildman–Crippen LogP) is 6.85. The lowest BCUT2D eigenvalue weighted by Gasteiger charge is -2.29. The monoisotopic (exact) mass is 588 g/mol. The fourth-order valence-electron chi connectivity index (χ4n) is 4.95. The zero-order valence-corrected chi connectivity index (χ0v) is 24.9. The molecule has 10 heteroatoms. The maximum Gasteiger partial charge on any atom is 0.376 e. The van der Waals surface area contributed by atoms with Gasteiger partial charge in [0.1, 0.15) is 0 Å². The van der Waals surface area contributed by atoms with Crippen molar-refractivity contribution in [2.24, 2.45) is 10.2 Å². The molecule has 2 heterocycles. The molecule has 222 valence electrons. The number of benzene rings is 4. The summed E-state index contributed by atoms with van der Waals surface area (Å²) in [6, 6.07) is 27.7. The van der Waals surface area contributed by atoms with Crippen LogP contribution in [-0.2, 0) is 19.1 Å². The molecule has 4 aromatic rings. The number of hydrazone groups is 2. The number of nitrogens with one attached hydrogen (secondary N) is 2. The average molecular weight is 589 g/mol. The van der Waals surface area contributed by atoms with Crippen LogP contribution in [0.3, 0.4) is 0 Å². The highest BCUT2D eigenvalue weighted by molar-refractivity contribution is 6.42. The highest BCUT2D eigenvalue weighted by atomic mass is 16.5. The molecule has 0 radical (unpaired) electrons. The molecule has 0 aliphatic carbocycles. The molecule has 6 rings (SSSR count). The quantitative estimate of drug-likeness (QED) is 0.226. The summed E-state index contributed by atoms with van der Waals surface area (Å²) < 4.78 is 10.5. The molecule has 0 saturated carbocycles. The number of carbonyl (C=O) groups excluding carboxylic acids is 2. The first kappa shape index (κ1) is 28.5. The molecule has 0 amide bonds. The van der Waals surface area contributed by atoms with Crippen molar-refractivity contribution in [3.05, 3.63) is 96.1 Å². The summed E-state index contributed by atoms with van der Waals surface area (Å²) in [6.07, 6.45) is 0. The van der Waals surface area contributed by atoms with E-state index in [1.807, 2.05) is 98.8 Å². The van der Waals surface area contributed by atoms with Crippen LogP contribution >= 0.6 is 0 Å². The smallest absolute Gasteiger partial charge is 0.376 e. The minimum atomic E-state index is -0.527. The number of hydrogen-bond acceptors (Lipinski definition) is 10. The van der Waals surface area contributed by atoms with Gasteiger partial charge in [-0.3, -0.25) is 0 Å². The van der Waals surface area contributed by atoms with Gasteiger partial charge in [0.25, 0.3) is 0 Å². The van der Waals surface area contributed by atoms with Crippen LogP contribution in [0.15, 0.2) is 95.1 Å². The zero-order valence-electron chi connectivity index (χ0n) is 24.9. The molecule has 10 nitrogen and oxygen atoms in total. The van der Waals surface area contributed by atoms with Crippen molar-refractivity contribution >= 4 is 57.7 Å². The molecule has 2 aliphatic heterocycles. The Balaban J connectivity index is 1.42. The number of rotatable bonds is 7. The van der Waals surface area contributed by atoms with Crippen molar-refractivity contribution in [3.63, 3.8) is 0 Å². The van der Waals surface area contributed by atoms with Gasteiger partial charge in [-0.2, -0.15) is 0 Å². The van der Waals surface area contributed by atoms with Crippen LogP contribution in [0.5, 0.6) is 0 Å². The number of amidine groups is 2. The summed E-state index contributed by atoms with van der Waals surface area (Å²) in [6.45, 7) is 8.05. The highest BCUT2D eigenvalue weighted by Gasteiger charge is 2.28. The van der Waals surface area contributed by atoms with E-state index >= 15 is 0 Å². The zero-order chi connectivity index (χ0) is 30.8. The van der Waals surface area contributed by atoms with Gasteiger partial charge in [0.15, 0.2) is 0 Å². The fourth-order valence-corrected chi connectivity index (χ4v) is 4.95. The molecule has 0 spiro atoms. The third-order valence-corrected chi connectivity index (χ3v) is 7.19. The van der Waals surface area contributed by atoms with E-state index in [0.29, 0.717) is 0 Å². The van der Waals surface area contributed by atoms with Crippen LogP contribution in [0.25, 0.3) is 11.1 Å².